The van der Waals surface area contributed by atoms with Gasteiger partial charge in [-0.3, -0.25) is 14.4 Å². The Morgan fingerprint density at radius 2 is 1.83 bits per heavy atom. The van der Waals surface area contributed by atoms with Crippen LogP contribution in [0.25, 0.3) is 0 Å². The van der Waals surface area contributed by atoms with Gasteiger partial charge in [-0.15, -0.1) is 0 Å². The van der Waals surface area contributed by atoms with E-state index in [0.29, 0.717) is 54.3 Å². The van der Waals surface area contributed by atoms with Gasteiger partial charge in [-0.2, -0.15) is 0 Å². The number of ether oxygens (including phenoxy) is 3. The van der Waals surface area contributed by atoms with Gasteiger partial charge in [-0.05, 0) is 36.4 Å². The zero-order valence-corrected chi connectivity index (χ0v) is 17.0. The number of esters is 1. The summed E-state index contributed by atoms with van der Waals surface area (Å²) < 4.78 is 16.5. The number of piperidine rings is 1. The minimum absolute atomic E-state index is 0.0315. The number of benzene rings is 2. The van der Waals surface area contributed by atoms with E-state index < -0.39 is 11.6 Å². The molecule has 0 aliphatic carbocycles. The summed E-state index contributed by atoms with van der Waals surface area (Å²) >= 11 is 0. The molecule has 2 aromatic rings. The van der Waals surface area contributed by atoms with Crippen molar-refractivity contribution in [3.63, 3.8) is 0 Å². The molecule has 0 radical (unpaired) electrons. The third kappa shape index (κ3) is 3.87. The molecular formula is C23H23NO6. The van der Waals surface area contributed by atoms with Crippen molar-refractivity contribution >= 4 is 17.7 Å². The van der Waals surface area contributed by atoms with Gasteiger partial charge >= 0.3 is 5.97 Å². The summed E-state index contributed by atoms with van der Waals surface area (Å²) in [5, 5.41) is 0. The lowest BCUT2D eigenvalue weighted by atomic mass is 9.82. The van der Waals surface area contributed by atoms with Crippen LogP contribution in [0.2, 0.25) is 0 Å². The second-order valence-electron chi connectivity index (χ2n) is 7.66. The number of fused-ring (bicyclic) bond motifs is 1. The number of hydrogen-bond donors (Lipinski definition) is 0. The Morgan fingerprint density at radius 3 is 2.53 bits per heavy atom. The molecule has 30 heavy (non-hydrogen) atoms. The largest absolute Gasteiger partial charge is 0.497 e. The van der Waals surface area contributed by atoms with Crippen LogP contribution in [0.1, 0.15) is 46.9 Å². The van der Waals surface area contributed by atoms with Crippen molar-refractivity contribution in [2.45, 2.75) is 31.8 Å². The second-order valence-corrected chi connectivity index (χ2v) is 7.66. The van der Waals surface area contributed by atoms with Gasteiger partial charge in [0, 0.05) is 38.4 Å². The van der Waals surface area contributed by atoms with E-state index in [4.69, 9.17) is 14.2 Å². The molecule has 0 unspecified atom stereocenters. The van der Waals surface area contributed by atoms with Gasteiger partial charge < -0.3 is 19.1 Å². The van der Waals surface area contributed by atoms with Crippen LogP contribution in [-0.4, -0.2) is 48.4 Å². The van der Waals surface area contributed by atoms with Gasteiger partial charge in [-0.1, -0.05) is 6.07 Å². The van der Waals surface area contributed by atoms with Crippen molar-refractivity contribution in [1.82, 2.24) is 4.90 Å². The number of carbonyl (C=O) groups excluding carboxylic acids is 3. The monoisotopic (exact) mass is 409 g/mol. The zero-order valence-electron chi connectivity index (χ0n) is 17.0. The lowest BCUT2D eigenvalue weighted by Gasteiger charge is -2.44. The van der Waals surface area contributed by atoms with Crippen molar-refractivity contribution in [1.29, 1.82) is 0 Å². The smallest absolute Gasteiger partial charge is 0.308 e. The van der Waals surface area contributed by atoms with Crippen molar-refractivity contribution in [3.05, 3.63) is 53.6 Å². The molecule has 7 nitrogen and oxygen atoms in total. The van der Waals surface area contributed by atoms with Crippen LogP contribution in [0.3, 0.4) is 0 Å². The standard InChI is InChI=1S/C23H23NO6/c1-15(25)29-18-5-3-4-16(12-18)22(27)24-10-8-23(9-11-24)14-20(26)19-13-17(28-2)6-7-21(19)30-23/h3-7,12-13H,8-11,14H2,1-2H3. The third-order valence-corrected chi connectivity index (χ3v) is 5.60. The summed E-state index contributed by atoms with van der Waals surface area (Å²) in [7, 11) is 1.56. The molecule has 156 valence electrons. The molecule has 0 bridgehead atoms. The van der Waals surface area contributed by atoms with Gasteiger partial charge in [0.05, 0.1) is 19.1 Å². The molecule has 0 aromatic heterocycles. The highest BCUT2D eigenvalue weighted by molar-refractivity contribution is 6.01. The average molecular weight is 409 g/mol. The van der Waals surface area contributed by atoms with E-state index in [-0.39, 0.29) is 18.1 Å². The minimum Gasteiger partial charge on any atom is -0.497 e. The topological polar surface area (TPSA) is 82.1 Å². The van der Waals surface area contributed by atoms with Crippen molar-refractivity contribution in [2.24, 2.45) is 0 Å². The number of amides is 1. The zero-order chi connectivity index (χ0) is 21.3. The van der Waals surface area contributed by atoms with Gasteiger partial charge in [-0.25, -0.2) is 0 Å². The van der Waals surface area contributed by atoms with E-state index >= 15 is 0 Å². The van der Waals surface area contributed by atoms with Crippen molar-refractivity contribution < 1.29 is 28.6 Å². The number of ketones is 1. The lowest BCUT2D eigenvalue weighted by molar-refractivity contribution is -0.131. The molecule has 0 N–H and O–H groups in total. The van der Waals surface area contributed by atoms with Crippen LogP contribution in [0.4, 0.5) is 0 Å². The third-order valence-electron chi connectivity index (χ3n) is 5.60. The van der Waals surface area contributed by atoms with E-state index in [1.165, 1.54) is 6.92 Å². The van der Waals surface area contributed by atoms with Crippen LogP contribution in [0, 0.1) is 0 Å². The van der Waals surface area contributed by atoms with Gasteiger partial charge in [0.1, 0.15) is 22.8 Å². The first-order valence-electron chi connectivity index (χ1n) is 9.87. The van der Waals surface area contributed by atoms with E-state index in [2.05, 4.69) is 0 Å². The summed E-state index contributed by atoms with van der Waals surface area (Å²) in [5.74, 6) is 1.00. The molecule has 2 aromatic carbocycles. The summed E-state index contributed by atoms with van der Waals surface area (Å²) in [6.45, 7) is 2.28. The van der Waals surface area contributed by atoms with Crippen LogP contribution in [-0.2, 0) is 4.79 Å². The molecule has 2 aliphatic rings. The Morgan fingerprint density at radius 1 is 1.07 bits per heavy atom. The molecule has 2 heterocycles. The molecule has 1 fully saturated rings. The summed E-state index contributed by atoms with van der Waals surface area (Å²) in [5.41, 5.74) is 0.415. The maximum Gasteiger partial charge on any atom is 0.308 e. The molecule has 4 rings (SSSR count). The lowest BCUT2D eigenvalue weighted by Crippen LogP contribution is -2.52. The molecule has 0 atom stereocenters. The molecule has 2 aliphatic heterocycles. The number of carbonyl (C=O) groups is 3. The van der Waals surface area contributed by atoms with E-state index in [0.717, 1.165) is 0 Å². The summed E-state index contributed by atoms with van der Waals surface area (Å²) in [6.07, 6.45) is 1.43. The normalized spacial score (nSPS) is 17.1. The first kappa shape index (κ1) is 19.9. The highest BCUT2D eigenvalue weighted by Gasteiger charge is 2.43. The minimum atomic E-state index is -0.588. The fraction of sp³-hybridized carbons (Fsp3) is 0.348. The summed E-state index contributed by atoms with van der Waals surface area (Å²) in [4.78, 5) is 38.5. The van der Waals surface area contributed by atoms with Crippen molar-refractivity contribution in [3.8, 4) is 17.2 Å². The SMILES string of the molecule is COc1ccc2c(c1)C(=O)CC1(CCN(C(=O)c3cccc(OC(C)=O)c3)CC1)O2. The second kappa shape index (κ2) is 7.82. The molecule has 1 saturated heterocycles. The predicted molar refractivity (Wildman–Crippen MR) is 108 cm³/mol. The number of rotatable bonds is 3. The highest BCUT2D eigenvalue weighted by Crippen LogP contribution is 2.40. The van der Waals surface area contributed by atoms with E-state index in [1.807, 2.05) is 0 Å². The molecule has 0 saturated carbocycles. The number of nitrogens with zero attached hydrogens (tertiary/aromatic N) is 1. The Balaban J connectivity index is 1.45. The van der Waals surface area contributed by atoms with E-state index in [1.54, 1.807) is 54.5 Å². The van der Waals surface area contributed by atoms with Crippen LogP contribution in [0.15, 0.2) is 42.5 Å². The first-order chi connectivity index (χ1) is 14.4. The fourth-order valence-electron chi connectivity index (χ4n) is 4.04. The number of Topliss-reactive ketones (excluding diaryl/α,β-unsaturated/α-hetero) is 1. The summed E-state index contributed by atoms with van der Waals surface area (Å²) in [6, 6.07) is 11.8. The van der Waals surface area contributed by atoms with Gasteiger partial charge in [0.2, 0.25) is 0 Å². The molecular weight excluding hydrogens is 386 g/mol. The number of likely N-dealkylation sites (tertiary alicyclic amines) is 1. The van der Waals surface area contributed by atoms with Crippen LogP contribution in [0.5, 0.6) is 17.2 Å². The quantitative estimate of drug-likeness (QED) is 0.572. The number of hydrogen-bond acceptors (Lipinski definition) is 6. The maximum absolute atomic E-state index is 12.9. The van der Waals surface area contributed by atoms with Gasteiger partial charge in [0.15, 0.2) is 5.78 Å². The number of methoxy groups -OCH3 is 1. The van der Waals surface area contributed by atoms with E-state index in [9.17, 15) is 14.4 Å². The Labute approximate surface area is 174 Å². The average Bonchev–Trinajstić information content (AvgIpc) is 2.73. The van der Waals surface area contributed by atoms with Crippen LogP contribution < -0.4 is 14.2 Å². The fourth-order valence-corrected chi connectivity index (χ4v) is 4.04. The van der Waals surface area contributed by atoms with Gasteiger partial charge in [0.25, 0.3) is 5.91 Å². The van der Waals surface area contributed by atoms with Crippen LogP contribution >= 0.6 is 0 Å². The maximum atomic E-state index is 12.9. The predicted octanol–water partition coefficient (Wildman–Crippen LogP) is 3.26. The Bertz CT molecular complexity index is 1010. The Hall–Kier alpha value is -3.35. The molecule has 7 heteroatoms. The van der Waals surface area contributed by atoms with Crippen molar-refractivity contribution in [2.75, 3.05) is 20.2 Å². The molecule has 1 amide bonds. The first-order valence-corrected chi connectivity index (χ1v) is 9.87. The molecule has 1 spiro atoms. The highest BCUT2D eigenvalue weighted by atomic mass is 16.5. The Kier molecular flexibility index (Phi) is 5.20.